The summed E-state index contributed by atoms with van der Waals surface area (Å²) in [5, 5.41) is 0.710. The molecule has 1 heterocycles. The predicted molar refractivity (Wildman–Crippen MR) is 152 cm³/mol. The Morgan fingerprint density at radius 2 is 1.95 bits per heavy atom. The Labute approximate surface area is 234 Å². The fraction of sp³-hybridized carbons (Fsp3) is 0.419. The average molecular weight is 552 g/mol. The van der Waals surface area contributed by atoms with E-state index in [-0.39, 0.29) is 11.6 Å². The second kappa shape index (κ2) is 12.5. The van der Waals surface area contributed by atoms with Crippen molar-refractivity contribution < 1.29 is 19.0 Å². The van der Waals surface area contributed by atoms with E-state index in [2.05, 4.69) is 35.3 Å². The lowest BCUT2D eigenvalue weighted by molar-refractivity contribution is -0.143. The number of thioether (sulfide) groups is 1. The number of esters is 1. The molecule has 2 saturated carbocycles. The van der Waals surface area contributed by atoms with Crippen LogP contribution in [0.4, 0.5) is 0 Å². The van der Waals surface area contributed by atoms with Gasteiger partial charge in [0.2, 0.25) is 0 Å². The van der Waals surface area contributed by atoms with Crippen molar-refractivity contribution in [1.82, 2.24) is 4.98 Å². The number of rotatable bonds is 14. The minimum absolute atomic E-state index is 0.117. The molecule has 7 heteroatoms. The number of hydrogen-bond donors (Lipinski definition) is 0. The lowest BCUT2D eigenvalue weighted by Gasteiger charge is -2.22. The molecule has 0 atom stereocenters. The minimum Gasteiger partial charge on any atom is -0.490 e. The van der Waals surface area contributed by atoms with Gasteiger partial charge in [-0.25, -0.2) is 0 Å². The molecule has 2 aromatic carbocycles. The van der Waals surface area contributed by atoms with Gasteiger partial charge in [0.15, 0.2) is 0 Å². The van der Waals surface area contributed by atoms with E-state index in [0.29, 0.717) is 30.8 Å². The first-order valence-electron chi connectivity index (χ1n) is 13.5. The highest BCUT2D eigenvalue weighted by molar-refractivity contribution is 7.99. The number of halogens is 1. The summed E-state index contributed by atoms with van der Waals surface area (Å²) < 4.78 is 17.8. The Bertz CT molecular complexity index is 1260. The van der Waals surface area contributed by atoms with Gasteiger partial charge in [0, 0.05) is 39.9 Å². The Hall–Kier alpha value is -2.54. The van der Waals surface area contributed by atoms with Crippen LogP contribution in [0.3, 0.4) is 0 Å². The first-order chi connectivity index (χ1) is 18.6. The molecule has 38 heavy (non-hydrogen) atoms. The second-order valence-electron chi connectivity index (χ2n) is 9.88. The van der Waals surface area contributed by atoms with Crippen molar-refractivity contribution in [3.05, 3.63) is 77.1 Å². The van der Waals surface area contributed by atoms with Gasteiger partial charge in [-0.05, 0) is 92.7 Å². The standard InChI is InChI=1S/C31H34ClNO4S/c1-2-35-30(34)9-5-6-18-38-24-12-13-28(32)22(19-24)21-36-31(15-16-31)27-20-33-17-14-25(27)26-7-3-4-8-29(26)37-23-10-11-23/h3-4,7-8,12-14,17,19-20,23H,2,5-6,9-11,15-16,18,21H2,1H3. The van der Waals surface area contributed by atoms with E-state index in [9.17, 15) is 4.79 Å². The van der Waals surface area contributed by atoms with Gasteiger partial charge in [0.1, 0.15) is 5.75 Å². The minimum atomic E-state index is -0.365. The van der Waals surface area contributed by atoms with Gasteiger partial charge in [0.25, 0.3) is 0 Å². The molecule has 5 rings (SSSR count). The highest BCUT2D eigenvalue weighted by Gasteiger charge is 2.47. The smallest absolute Gasteiger partial charge is 0.305 e. The molecule has 1 aromatic heterocycles. The van der Waals surface area contributed by atoms with Crippen LogP contribution in [0.15, 0.2) is 65.8 Å². The number of carbonyl (C=O) groups excluding carboxylic acids is 1. The molecule has 5 nitrogen and oxygen atoms in total. The van der Waals surface area contributed by atoms with Crippen LogP contribution in [0, 0.1) is 0 Å². The zero-order valence-electron chi connectivity index (χ0n) is 21.8. The van der Waals surface area contributed by atoms with Gasteiger partial charge in [-0.2, -0.15) is 0 Å². The molecule has 0 radical (unpaired) electrons. The van der Waals surface area contributed by atoms with Crippen molar-refractivity contribution in [2.24, 2.45) is 0 Å². The maximum absolute atomic E-state index is 11.5. The summed E-state index contributed by atoms with van der Waals surface area (Å²) in [6, 6.07) is 16.4. The van der Waals surface area contributed by atoms with Crippen LogP contribution in [0.5, 0.6) is 5.75 Å². The summed E-state index contributed by atoms with van der Waals surface area (Å²) in [4.78, 5) is 17.1. The third-order valence-corrected chi connectivity index (χ3v) is 8.33. The van der Waals surface area contributed by atoms with Crippen molar-refractivity contribution in [3.8, 4) is 16.9 Å². The van der Waals surface area contributed by atoms with Gasteiger partial charge in [-0.1, -0.05) is 29.8 Å². The molecule has 3 aromatic rings. The number of ether oxygens (including phenoxy) is 3. The van der Waals surface area contributed by atoms with Crippen molar-refractivity contribution in [3.63, 3.8) is 0 Å². The molecule has 2 fully saturated rings. The highest BCUT2D eigenvalue weighted by atomic mass is 35.5. The Morgan fingerprint density at radius 3 is 2.74 bits per heavy atom. The van der Waals surface area contributed by atoms with Crippen LogP contribution in [0.25, 0.3) is 11.1 Å². The van der Waals surface area contributed by atoms with Crippen molar-refractivity contribution in [1.29, 1.82) is 0 Å². The SMILES string of the molecule is CCOC(=O)CCCCSc1ccc(Cl)c(COC2(c3cnccc3-c3ccccc3OC3CC3)CC2)c1. The first kappa shape index (κ1) is 27.0. The number of unbranched alkanes of at least 4 members (excludes halogenated alkanes) is 1. The number of nitrogens with zero attached hydrogens (tertiary/aromatic N) is 1. The number of para-hydroxylation sites is 1. The van der Waals surface area contributed by atoms with Gasteiger partial charge in [-0.15, -0.1) is 11.8 Å². The fourth-order valence-corrected chi connectivity index (χ4v) is 5.66. The summed E-state index contributed by atoms with van der Waals surface area (Å²) in [5.74, 6) is 1.74. The summed E-state index contributed by atoms with van der Waals surface area (Å²) in [6.07, 6.45) is 10.5. The Morgan fingerprint density at radius 1 is 1.11 bits per heavy atom. The van der Waals surface area contributed by atoms with Crippen molar-refractivity contribution in [2.45, 2.75) is 75.1 Å². The van der Waals surface area contributed by atoms with Gasteiger partial charge in [-0.3, -0.25) is 9.78 Å². The van der Waals surface area contributed by atoms with E-state index in [1.807, 2.05) is 37.5 Å². The van der Waals surface area contributed by atoms with Crippen LogP contribution < -0.4 is 4.74 Å². The first-order valence-corrected chi connectivity index (χ1v) is 14.9. The Kier molecular flexibility index (Phi) is 8.93. The highest BCUT2D eigenvalue weighted by Crippen LogP contribution is 2.53. The molecule has 0 aliphatic heterocycles. The van der Waals surface area contributed by atoms with E-state index in [1.165, 1.54) is 0 Å². The number of pyridine rings is 1. The molecule has 0 amide bonds. The second-order valence-corrected chi connectivity index (χ2v) is 11.5. The molecule has 0 N–H and O–H groups in total. The third kappa shape index (κ3) is 6.90. The number of benzene rings is 2. The molecule has 2 aliphatic carbocycles. The van der Waals surface area contributed by atoms with Crippen molar-refractivity contribution in [2.75, 3.05) is 12.4 Å². The zero-order chi connectivity index (χ0) is 26.4. The van der Waals surface area contributed by atoms with Crippen LogP contribution >= 0.6 is 23.4 Å². The molecule has 0 unspecified atom stereocenters. The summed E-state index contributed by atoms with van der Waals surface area (Å²) in [5.41, 5.74) is 3.93. The monoisotopic (exact) mass is 551 g/mol. The van der Waals surface area contributed by atoms with E-state index in [0.717, 1.165) is 77.2 Å². The van der Waals surface area contributed by atoms with E-state index in [1.54, 1.807) is 11.8 Å². The maximum atomic E-state index is 11.5. The lowest BCUT2D eigenvalue weighted by Crippen LogP contribution is -2.14. The van der Waals surface area contributed by atoms with Crippen molar-refractivity contribution >= 4 is 29.3 Å². The molecule has 200 valence electrons. The molecule has 0 spiro atoms. The third-order valence-electron chi connectivity index (χ3n) is 6.88. The van der Waals surface area contributed by atoms with Crippen LogP contribution in [-0.4, -0.2) is 29.4 Å². The number of aromatic nitrogens is 1. The largest absolute Gasteiger partial charge is 0.490 e. The van der Waals surface area contributed by atoms with E-state index < -0.39 is 0 Å². The fourth-order valence-electron chi connectivity index (χ4n) is 4.52. The lowest BCUT2D eigenvalue weighted by atomic mass is 9.96. The number of hydrogen-bond acceptors (Lipinski definition) is 6. The van der Waals surface area contributed by atoms with Gasteiger partial charge < -0.3 is 14.2 Å². The normalized spacial score (nSPS) is 15.7. The molecule has 0 bridgehead atoms. The maximum Gasteiger partial charge on any atom is 0.305 e. The Balaban J connectivity index is 1.24. The van der Waals surface area contributed by atoms with Gasteiger partial charge in [0.05, 0.1) is 24.9 Å². The van der Waals surface area contributed by atoms with Crippen LogP contribution in [-0.2, 0) is 26.5 Å². The molecular weight excluding hydrogens is 518 g/mol. The van der Waals surface area contributed by atoms with Crippen LogP contribution in [0.2, 0.25) is 5.02 Å². The molecular formula is C31H34ClNO4S. The zero-order valence-corrected chi connectivity index (χ0v) is 23.4. The molecule has 0 saturated heterocycles. The summed E-state index contributed by atoms with van der Waals surface area (Å²) >= 11 is 8.35. The van der Waals surface area contributed by atoms with E-state index >= 15 is 0 Å². The number of carbonyl (C=O) groups is 1. The topological polar surface area (TPSA) is 57.7 Å². The molecule has 2 aliphatic rings. The predicted octanol–water partition coefficient (Wildman–Crippen LogP) is 7.97. The summed E-state index contributed by atoms with van der Waals surface area (Å²) in [7, 11) is 0. The van der Waals surface area contributed by atoms with Gasteiger partial charge >= 0.3 is 5.97 Å². The van der Waals surface area contributed by atoms with Crippen LogP contribution in [0.1, 0.15) is 63.0 Å². The quantitative estimate of drug-likeness (QED) is 0.115. The van der Waals surface area contributed by atoms with E-state index in [4.69, 9.17) is 25.8 Å². The summed E-state index contributed by atoms with van der Waals surface area (Å²) in [6.45, 7) is 2.71. The average Bonchev–Trinajstić information content (AvgIpc) is 3.86.